The zero-order valence-electron chi connectivity index (χ0n) is 17.8. The Balaban J connectivity index is 0.00000784. The highest BCUT2D eigenvalue weighted by Gasteiger charge is 2.33. The third-order valence-corrected chi connectivity index (χ3v) is 4.14. The van der Waals surface area contributed by atoms with Crippen molar-refractivity contribution >= 4 is 23.9 Å². The number of hydrogen-bond donors (Lipinski definition) is 3. The van der Waals surface area contributed by atoms with Crippen LogP contribution in [0.3, 0.4) is 0 Å². The van der Waals surface area contributed by atoms with Crippen molar-refractivity contribution in [2.75, 3.05) is 7.11 Å². The van der Waals surface area contributed by atoms with Crippen molar-refractivity contribution in [3.63, 3.8) is 0 Å². The van der Waals surface area contributed by atoms with Gasteiger partial charge in [0, 0.05) is 6.04 Å². The van der Waals surface area contributed by atoms with E-state index >= 15 is 0 Å². The summed E-state index contributed by atoms with van der Waals surface area (Å²) >= 11 is 0. The molecule has 10 heteroatoms. The summed E-state index contributed by atoms with van der Waals surface area (Å²) in [6.07, 6.45) is 3.94. The highest BCUT2D eigenvalue weighted by molar-refractivity contribution is 5.88. The molecule has 0 saturated heterocycles. The summed E-state index contributed by atoms with van der Waals surface area (Å²) in [6, 6.07) is -2.07. The van der Waals surface area contributed by atoms with Crippen LogP contribution in [-0.2, 0) is 23.9 Å². The second-order valence-corrected chi connectivity index (χ2v) is 7.79. The van der Waals surface area contributed by atoms with E-state index in [2.05, 4.69) is 20.7 Å². The van der Waals surface area contributed by atoms with E-state index in [1.54, 1.807) is 20.8 Å². The lowest BCUT2D eigenvalue weighted by atomic mass is 9.87. The number of ether oxygens (including phenoxy) is 2. The Hall–Kier alpha value is -2.62. The van der Waals surface area contributed by atoms with Crippen molar-refractivity contribution in [1.29, 1.82) is 0 Å². The molecule has 166 valence electrons. The first-order chi connectivity index (χ1) is 12.9. The second-order valence-electron chi connectivity index (χ2n) is 7.79. The fourth-order valence-corrected chi connectivity index (χ4v) is 2.68. The molecule has 3 amide bonds. The minimum absolute atomic E-state index is 0. The molecule has 0 unspecified atom stereocenters. The van der Waals surface area contributed by atoms with Crippen molar-refractivity contribution in [2.24, 2.45) is 5.92 Å². The first-order valence-electron chi connectivity index (χ1n) is 9.27. The van der Waals surface area contributed by atoms with Gasteiger partial charge < -0.3 is 30.9 Å². The van der Waals surface area contributed by atoms with Gasteiger partial charge in [-0.1, -0.05) is 12.2 Å². The summed E-state index contributed by atoms with van der Waals surface area (Å²) < 4.78 is 9.74. The van der Waals surface area contributed by atoms with Crippen LogP contribution in [0.4, 0.5) is 4.79 Å². The van der Waals surface area contributed by atoms with E-state index in [0.717, 1.165) is 0 Å². The van der Waals surface area contributed by atoms with Gasteiger partial charge in [0.05, 0.1) is 13.0 Å². The van der Waals surface area contributed by atoms with Crippen LogP contribution in [0.25, 0.3) is 0 Å². The third-order valence-electron chi connectivity index (χ3n) is 4.14. The molecule has 0 aliphatic heterocycles. The average molecular weight is 415 g/mol. The van der Waals surface area contributed by atoms with Crippen LogP contribution in [0.2, 0.25) is 0 Å². The number of allylic oxidation sites excluding steroid dienone is 1. The summed E-state index contributed by atoms with van der Waals surface area (Å²) in [5.41, 5.74) is -0.673. The number of hydrogen-bond acceptors (Lipinski definition) is 6. The monoisotopic (exact) mass is 415 g/mol. The number of methoxy groups -OCH3 is 1. The maximum Gasteiger partial charge on any atom is 0.408 e. The number of nitrogens with one attached hydrogen (secondary N) is 3. The van der Waals surface area contributed by atoms with Gasteiger partial charge in [0.2, 0.25) is 11.8 Å². The van der Waals surface area contributed by atoms with Crippen LogP contribution in [0.5, 0.6) is 0 Å². The largest absolute Gasteiger partial charge is 0.467 e. The van der Waals surface area contributed by atoms with Gasteiger partial charge in [-0.15, -0.1) is 0 Å². The Kier molecular flexibility index (Phi) is 10.4. The highest BCUT2D eigenvalue weighted by Crippen LogP contribution is 2.20. The van der Waals surface area contributed by atoms with Gasteiger partial charge in [-0.2, -0.15) is 0 Å². The molecule has 0 radical (unpaired) electrons. The molecule has 0 heterocycles. The van der Waals surface area contributed by atoms with E-state index in [1.807, 2.05) is 12.2 Å². The normalized spacial score (nSPS) is 20.3. The fourth-order valence-electron chi connectivity index (χ4n) is 2.68. The first-order valence-corrected chi connectivity index (χ1v) is 9.27. The SMILES string of the molecule is COC(=O)[C@H](C)NC(=O)[C@H]1CC=CC[C@H]1NC(=O)[C@H](C)NC(=O)OC(C)(C)C.O. The molecule has 4 atom stereocenters. The van der Waals surface area contributed by atoms with Gasteiger partial charge in [-0.05, 0) is 47.5 Å². The van der Waals surface area contributed by atoms with Crippen molar-refractivity contribution in [2.45, 2.75) is 71.2 Å². The number of amides is 3. The minimum Gasteiger partial charge on any atom is -0.467 e. The Morgan fingerprint density at radius 3 is 2.14 bits per heavy atom. The van der Waals surface area contributed by atoms with E-state index in [-0.39, 0.29) is 11.4 Å². The third kappa shape index (κ3) is 8.95. The minimum atomic E-state index is -0.835. The Labute approximate surface area is 171 Å². The summed E-state index contributed by atoms with van der Waals surface area (Å²) in [7, 11) is 1.25. The molecule has 5 N–H and O–H groups in total. The number of alkyl carbamates (subject to hydrolysis) is 1. The quantitative estimate of drug-likeness (QED) is 0.416. The number of esters is 1. The molecule has 29 heavy (non-hydrogen) atoms. The standard InChI is InChI=1S/C19H31N3O6.H2O/c1-11(21-18(26)28-19(3,4)5)15(23)22-14-10-8-7-9-13(14)16(24)20-12(2)17(25)27-6;/h7-8,11-14H,9-10H2,1-6H3,(H,20,24)(H,21,26)(H,22,23);1H2/t11-,12-,13-,14+;/m0./s1. The molecule has 0 aromatic rings. The predicted molar refractivity (Wildman–Crippen MR) is 106 cm³/mol. The van der Waals surface area contributed by atoms with E-state index in [1.165, 1.54) is 21.0 Å². The number of carbonyl (C=O) groups excluding carboxylic acids is 4. The molecule has 0 aromatic carbocycles. The van der Waals surface area contributed by atoms with Crippen molar-refractivity contribution in [3.8, 4) is 0 Å². The molecule has 1 aliphatic rings. The Morgan fingerprint density at radius 2 is 1.59 bits per heavy atom. The maximum atomic E-state index is 12.5. The molecular formula is C19H33N3O7. The molecule has 1 rings (SSSR count). The van der Waals surface area contributed by atoms with Crippen molar-refractivity contribution < 1.29 is 34.1 Å². The van der Waals surface area contributed by atoms with Crippen molar-refractivity contribution in [1.82, 2.24) is 16.0 Å². The van der Waals surface area contributed by atoms with Crippen LogP contribution in [0.15, 0.2) is 12.2 Å². The van der Waals surface area contributed by atoms with E-state index < -0.39 is 47.6 Å². The number of rotatable bonds is 6. The van der Waals surface area contributed by atoms with Crippen LogP contribution in [-0.4, -0.2) is 60.2 Å². The molecule has 0 aromatic heterocycles. The van der Waals surface area contributed by atoms with E-state index in [4.69, 9.17) is 4.74 Å². The van der Waals surface area contributed by atoms with Crippen LogP contribution in [0, 0.1) is 5.92 Å². The highest BCUT2D eigenvalue weighted by atomic mass is 16.6. The molecule has 10 nitrogen and oxygen atoms in total. The number of carbonyl (C=O) groups is 4. The molecular weight excluding hydrogens is 382 g/mol. The molecule has 0 spiro atoms. The van der Waals surface area contributed by atoms with E-state index in [0.29, 0.717) is 12.8 Å². The van der Waals surface area contributed by atoms with Gasteiger partial charge in [-0.3, -0.25) is 9.59 Å². The summed E-state index contributed by atoms with van der Waals surface area (Å²) in [5.74, 6) is -1.85. The zero-order valence-corrected chi connectivity index (χ0v) is 17.8. The maximum absolute atomic E-state index is 12.5. The topological polar surface area (TPSA) is 154 Å². The smallest absolute Gasteiger partial charge is 0.408 e. The summed E-state index contributed by atoms with van der Waals surface area (Å²) in [6.45, 7) is 8.24. The van der Waals surface area contributed by atoms with Gasteiger partial charge >= 0.3 is 12.1 Å². The molecule has 1 aliphatic carbocycles. The van der Waals surface area contributed by atoms with Gasteiger partial charge in [0.1, 0.15) is 17.7 Å². The molecule has 0 saturated carbocycles. The van der Waals surface area contributed by atoms with Crippen LogP contribution < -0.4 is 16.0 Å². The predicted octanol–water partition coefficient (Wildman–Crippen LogP) is 0.204. The average Bonchev–Trinajstić information content (AvgIpc) is 2.59. The first kappa shape index (κ1) is 26.4. The van der Waals surface area contributed by atoms with Gasteiger partial charge in [-0.25, -0.2) is 9.59 Å². The van der Waals surface area contributed by atoms with Crippen LogP contribution in [0.1, 0.15) is 47.5 Å². The Morgan fingerprint density at radius 1 is 1.00 bits per heavy atom. The molecule has 0 fully saturated rings. The van der Waals surface area contributed by atoms with Gasteiger partial charge in [0.15, 0.2) is 0 Å². The summed E-state index contributed by atoms with van der Waals surface area (Å²) in [5, 5.41) is 7.87. The second kappa shape index (κ2) is 11.4. The van der Waals surface area contributed by atoms with Gasteiger partial charge in [0.25, 0.3) is 0 Å². The lowest BCUT2D eigenvalue weighted by molar-refractivity contribution is -0.145. The lowest BCUT2D eigenvalue weighted by Crippen LogP contribution is -2.54. The fraction of sp³-hybridized carbons (Fsp3) is 0.684. The summed E-state index contributed by atoms with van der Waals surface area (Å²) in [4.78, 5) is 48.3. The zero-order chi connectivity index (χ0) is 21.5. The Bertz CT molecular complexity index is 628. The van der Waals surface area contributed by atoms with Crippen molar-refractivity contribution in [3.05, 3.63) is 12.2 Å². The lowest BCUT2D eigenvalue weighted by Gasteiger charge is -2.30. The van der Waals surface area contributed by atoms with Crippen LogP contribution >= 0.6 is 0 Å². The van der Waals surface area contributed by atoms with E-state index in [9.17, 15) is 19.2 Å². The molecule has 0 bridgehead atoms.